The van der Waals surface area contributed by atoms with E-state index in [-0.39, 0.29) is 28.6 Å². The summed E-state index contributed by atoms with van der Waals surface area (Å²) in [5, 5.41) is 9.86. The largest absolute Gasteiger partial charge is 0.493 e. The van der Waals surface area contributed by atoms with Gasteiger partial charge in [0.15, 0.2) is 0 Å². The van der Waals surface area contributed by atoms with E-state index in [1.54, 1.807) is 19.9 Å². The molecule has 0 unspecified atom stereocenters. The van der Waals surface area contributed by atoms with Crippen molar-refractivity contribution in [1.82, 2.24) is 9.97 Å². The zero-order valence-corrected chi connectivity index (χ0v) is 11.4. The van der Waals surface area contributed by atoms with Crippen LogP contribution < -0.4 is 10.3 Å². The maximum Gasteiger partial charge on any atom is 0.387 e. The number of hydrogen-bond donors (Lipinski definition) is 2. The van der Waals surface area contributed by atoms with Gasteiger partial charge in [-0.2, -0.15) is 13.8 Å². The van der Waals surface area contributed by atoms with Crippen molar-refractivity contribution in [3.8, 4) is 23.0 Å². The fourth-order valence-corrected chi connectivity index (χ4v) is 1.98. The Balaban J connectivity index is 2.56. The Morgan fingerprint density at radius 3 is 2.52 bits per heavy atom. The summed E-state index contributed by atoms with van der Waals surface area (Å²) in [6, 6.07) is 5.89. The Labute approximate surface area is 119 Å². The van der Waals surface area contributed by atoms with Gasteiger partial charge in [-0.15, -0.1) is 0 Å². The lowest BCUT2D eigenvalue weighted by Gasteiger charge is -2.12. The molecule has 2 N–H and O–H groups in total. The highest BCUT2D eigenvalue weighted by Crippen LogP contribution is 2.30. The number of ether oxygens (including phenoxy) is 1. The number of rotatable bonds is 4. The van der Waals surface area contributed by atoms with Crippen molar-refractivity contribution in [1.29, 1.82) is 0 Å². The summed E-state index contributed by atoms with van der Waals surface area (Å²) in [6.07, 6.45) is 0. The molecule has 1 aromatic carbocycles. The summed E-state index contributed by atoms with van der Waals surface area (Å²) < 4.78 is 29.1. The van der Waals surface area contributed by atoms with E-state index >= 15 is 0 Å². The molecule has 0 saturated heterocycles. The second-order valence-corrected chi connectivity index (χ2v) is 4.68. The van der Waals surface area contributed by atoms with Crippen molar-refractivity contribution >= 4 is 0 Å². The maximum atomic E-state index is 12.4. The molecule has 0 aliphatic rings. The minimum atomic E-state index is -3.00. The van der Waals surface area contributed by atoms with Crippen LogP contribution >= 0.6 is 0 Å². The van der Waals surface area contributed by atoms with Crippen molar-refractivity contribution < 1.29 is 18.6 Å². The molecule has 112 valence electrons. The normalized spacial score (nSPS) is 11.1. The van der Waals surface area contributed by atoms with Gasteiger partial charge in [-0.05, 0) is 18.1 Å². The Kier molecular flexibility index (Phi) is 4.21. The molecule has 2 aromatic rings. The van der Waals surface area contributed by atoms with Crippen LogP contribution in [0.5, 0.6) is 11.6 Å². The highest BCUT2D eigenvalue weighted by molar-refractivity contribution is 5.64. The predicted octanol–water partition coefficient (Wildman–Crippen LogP) is 2.87. The van der Waals surface area contributed by atoms with Gasteiger partial charge in [0.25, 0.3) is 5.56 Å². The number of para-hydroxylation sites is 1. The molecule has 0 aliphatic heterocycles. The van der Waals surface area contributed by atoms with Crippen LogP contribution in [0.25, 0.3) is 11.4 Å². The van der Waals surface area contributed by atoms with Crippen molar-refractivity contribution in [2.75, 3.05) is 0 Å². The van der Waals surface area contributed by atoms with E-state index in [0.29, 0.717) is 0 Å². The second-order valence-electron chi connectivity index (χ2n) is 4.68. The summed E-state index contributed by atoms with van der Waals surface area (Å²) >= 11 is 0. The Bertz CT molecular complexity index is 699. The Morgan fingerprint density at radius 2 is 1.95 bits per heavy atom. The molecular weight excluding hydrogens is 282 g/mol. The number of nitrogens with zero attached hydrogens (tertiary/aromatic N) is 1. The Morgan fingerprint density at radius 1 is 1.29 bits per heavy atom. The van der Waals surface area contributed by atoms with Crippen LogP contribution in [0.4, 0.5) is 8.78 Å². The van der Waals surface area contributed by atoms with E-state index in [1.807, 2.05) is 0 Å². The molecule has 0 amide bonds. The van der Waals surface area contributed by atoms with Gasteiger partial charge in [0.05, 0.1) is 11.1 Å². The standard InChI is InChI=1S/C14H14F2N2O3/c1-7(2)10-12(19)17-11(18-13(10)20)8-5-3-4-6-9(8)21-14(15)16/h3-7,14H,1-2H3,(H2,17,18,19,20). The van der Waals surface area contributed by atoms with Crippen LogP contribution in [0, 0.1) is 0 Å². The van der Waals surface area contributed by atoms with Gasteiger partial charge >= 0.3 is 6.61 Å². The van der Waals surface area contributed by atoms with E-state index in [2.05, 4.69) is 14.7 Å². The molecular formula is C14H14F2N2O3. The topological polar surface area (TPSA) is 75.2 Å². The van der Waals surface area contributed by atoms with Crippen molar-refractivity contribution in [3.63, 3.8) is 0 Å². The Hall–Kier alpha value is -2.44. The van der Waals surface area contributed by atoms with E-state index < -0.39 is 18.1 Å². The lowest BCUT2D eigenvalue weighted by atomic mass is 10.1. The fraction of sp³-hybridized carbons (Fsp3) is 0.286. The molecule has 0 atom stereocenters. The molecule has 0 aliphatic carbocycles. The summed E-state index contributed by atoms with van der Waals surface area (Å²) in [5.41, 5.74) is -0.203. The molecule has 0 spiro atoms. The van der Waals surface area contributed by atoms with Gasteiger partial charge in [0.1, 0.15) is 11.6 Å². The first-order valence-electron chi connectivity index (χ1n) is 6.27. The average Bonchev–Trinajstić information content (AvgIpc) is 2.37. The summed E-state index contributed by atoms with van der Waals surface area (Å²) in [5.74, 6) is -0.802. The van der Waals surface area contributed by atoms with E-state index in [4.69, 9.17) is 0 Å². The van der Waals surface area contributed by atoms with Crippen LogP contribution in [0.15, 0.2) is 29.1 Å². The minimum absolute atomic E-state index is 0.0295. The van der Waals surface area contributed by atoms with Gasteiger partial charge in [0.2, 0.25) is 5.88 Å². The smallest absolute Gasteiger partial charge is 0.387 e. The van der Waals surface area contributed by atoms with Gasteiger partial charge in [0, 0.05) is 0 Å². The second kappa shape index (κ2) is 5.90. The fourth-order valence-electron chi connectivity index (χ4n) is 1.98. The molecule has 0 radical (unpaired) electrons. The van der Waals surface area contributed by atoms with Gasteiger partial charge in [-0.25, -0.2) is 0 Å². The molecule has 5 nitrogen and oxygen atoms in total. The molecule has 1 heterocycles. The predicted molar refractivity (Wildman–Crippen MR) is 72.7 cm³/mol. The van der Waals surface area contributed by atoms with Crippen LogP contribution in [0.1, 0.15) is 25.3 Å². The quantitative estimate of drug-likeness (QED) is 0.909. The number of aromatic amines is 1. The number of nitrogens with one attached hydrogen (secondary N) is 1. The highest BCUT2D eigenvalue weighted by Gasteiger charge is 2.17. The maximum absolute atomic E-state index is 12.4. The average molecular weight is 296 g/mol. The summed E-state index contributed by atoms with van der Waals surface area (Å²) in [6.45, 7) is 0.473. The van der Waals surface area contributed by atoms with E-state index in [1.165, 1.54) is 18.2 Å². The monoisotopic (exact) mass is 296 g/mol. The zero-order valence-electron chi connectivity index (χ0n) is 11.4. The molecule has 21 heavy (non-hydrogen) atoms. The zero-order chi connectivity index (χ0) is 15.6. The number of benzene rings is 1. The van der Waals surface area contributed by atoms with Crippen LogP contribution in [-0.2, 0) is 0 Å². The molecule has 0 fully saturated rings. The van der Waals surface area contributed by atoms with Crippen LogP contribution in [-0.4, -0.2) is 21.7 Å². The molecule has 1 aromatic heterocycles. The third kappa shape index (κ3) is 3.18. The molecule has 7 heteroatoms. The third-order valence-electron chi connectivity index (χ3n) is 2.87. The minimum Gasteiger partial charge on any atom is -0.493 e. The van der Waals surface area contributed by atoms with Gasteiger partial charge in [-0.1, -0.05) is 26.0 Å². The van der Waals surface area contributed by atoms with Crippen molar-refractivity contribution in [2.45, 2.75) is 26.4 Å². The molecule has 2 rings (SSSR count). The number of hydrogen-bond acceptors (Lipinski definition) is 4. The SMILES string of the molecule is CC(C)c1c(O)nc(-c2ccccc2OC(F)F)[nH]c1=O. The van der Waals surface area contributed by atoms with Crippen molar-refractivity contribution in [3.05, 3.63) is 40.2 Å². The van der Waals surface area contributed by atoms with Gasteiger partial charge < -0.3 is 14.8 Å². The van der Waals surface area contributed by atoms with Crippen LogP contribution in [0.2, 0.25) is 0 Å². The first-order chi connectivity index (χ1) is 9.90. The first kappa shape index (κ1) is 15.0. The molecule has 0 saturated carbocycles. The number of H-pyrrole nitrogens is 1. The number of aromatic hydroxyl groups is 1. The lowest BCUT2D eigenvalue weighted by Crippen LogP contribution is -2.16. The lowest BCUT2D eigenvalue weighted by molar-refractivity contribution is -0.0494. The van der Waals surface area contributed by atoms with E-state index in [0.717, 1.165) is 0 Å². The van der Waals surface area contributed by atoms with Crippen molar-refractivity contribution in [2.24, 2.45) is 0 Å². The van der Waals surface area contributed by atoms with Crippen LogP contribution in [0.3, 0.4) is 0 Å². The first-order valence-corrected chi connectivity index (χ1v) is 6.27. The third-order valence-corrected chi connectivity index (χ3v) is 2.87. The number of aromatic nitrogens is 2. The van der Waals surface area contributed by atoms with Gasteiger partial charge in [-0.3, -0.25) is 4.79 Å². The number of halogens is 2. The summed E-state index contributed by atoms with van der Waals surface area (Å²) in [7, 11) is 0. The molecule has 0 bridgehead atoms. The summed E-state index contributed by atoms with van der Waals surface area (Å²) in [4.78, 5) is 18.3. The number of alkyl halides is 2. The highest BCUT2D eigenvalue weighted by atomic mass is 19.3. The van der Waals surface area contributed by atoms with E-state index in [9.17, 15) is 18.7 Å².